The van der Waals surface area contributed by atoms with Crippen molar-refractivity contribution >= 4 is 5.91 Å². The zero-order valence-corrected chi connectivity index (χ0v) is 14.3. The Balaban J connectivity index is 3.12. The third kappa shape index (κ3) is 13.9. The average molecular weight is 296 g/mol. The molecule has 0 radical (unpaired) electrons. The maximum absolute atomic E-state index is 10.9. The summed E-state index contributed by atoms with van der Waals surface area (Å²) in [5.41, 5.74) is 0. The first-order valence-corrected chi connectivity index (χ1v) is 8.87. The summed E-state index contributed by atoms with van der Waals surface area (Å²) < 4.78 is 0. The SMILES string of the molecule is C=CC(=O)NCCCCCCCCCCCN(CC)CC. The molecule has 1 N–H and O–H groups in total. The van der Waals surface area contributed by atoms with E-state index in [4.69, 9.17) is 0 Å². The van der Waals surface area contributed by atoms with Crippen LogP contribution in [0.25, 0.3) is 0 Å². The zero-order chi connectivity index (χ0) is 15.8. The van der Waals surface area contributed by atoms with E-state index in [0.717, 1.165) is 13.0 Å². The first-order chi connectivity index (χ1) is 10.2. The molecule has 0 aromatic rings. The van der Waals surface area contributed by atoms with Crippen LogP contribution in [-0.2, 0) is 4.79 Å². The fourth-order valence-electron chi connectivity index (χ4n) is 2.52. The van der Waals surface area contributed by atoms with Crippen LogP contribution in [0.1, 0.15) is 71.6 Å². The van der Waals surface area contributed by atoms with E-state index in [1.54, 1.807) is 0 Å². The van der Waals surface area contributed by atoms with Gasteiger partial charge in [-0.15, -0.1) is 0 Å². The molecule has 0 rings (SSSR count). The number of nitrogens with zero attached hydrogens (tertiary/aromatic N) is 1. The molecule has 0 aromatic carbocycles. The van der Waals surface area contributed by atoms with Gasteiger partial charge in [0.15, 0.2) is 0 Å². The molecule has 0 fully saturated rings. The summed E-state index contributed by atoms with van der Waals surface area (Å²) in [6.45, 7) is 12.3. The molecule has 0 aliphatic rings. The van der Waals surface area contributed by atoms with Crippen molar-refractivity contribution in [2.75, 3.05) is 26.2 Å². The molecule has 3 heteroatoms. The Morgan fingerprint density at radius 1 is 0.905 bits per heavy atom. The normalized spacial score (nSPS) is 10.8. The predicted octanol–water partition coefficient (Wildman–Crippen LogP) is 4.14. The summed E-state index contributed by atoms with van der Waals surface area (Å²) in [6, 6.07) is 0. The Bertz CT molecular complexity index is 250. The van der Waals surface area contributed by atoms with Gasteiger partial charge >= 0.3 is 0 Å². The van der Waals surface area contributed by atoms with Crippen LogP contribution in [0.3, 0.4) is 0 Å². The highest BCUT2D eigenvalue weighted by atomic mass is 16.1. The lowest BCUT2D eigenvalue weighted by Crippen LogP contribution is -2.23. The van der Waals surface area contributed by atoms with Gasteiger partial charge in [0.2, 0.25) is 5.91 Å². The summed E-state index contributed by atoms with van der Waals surface area (Å²) in [5.74, 6) is -0.0558. The first-order valence-electron chi connectivity index (χ1n) is 8.87. The monoisotopic (exact) mass is 296 g/mol. The molecule has 0 atom stereocenters. The van der Waals surface area contributed by atoms with Crippen LogP contribution in [0.4, 0.5) is 0 Å². The number of hydrogen-bond acceptors (Lipinski definition) is 2. The Kier molecular flexibility index (Phi) is 14.9. The van der Waals surface area contributed by atoms with Gasteiger partial charge in [0.1, 0.15) is 0 Å². The van der Waals surface area contributed by atoms with Gasteiger partial charge in [0.25, 0.3) is 0 Å². The molecule has 0 saturated carbocycles. The number of rotatable bonds is 15. The van der Waals surface area contributed by atoms with E-state index in [0.29, 0.717) is 0 Å². The van der Waals surface area contributed by atoms with E-state index in [1.165, 1.54) is 77.1 Å². The molecule has 0 aromatic heterocycles. The fourth-order valence-corrected chi connectivity index (χ4v) is 2.52. The van der Waals surface area contributed by atoms with Crippen LogP contribution in [0.2, 0.25) is 0 Å². The van der Waals surface area contributed by atoms with E-state index in [-0.39, 0.29) is 5.91 Å². The largest absolute Gasteiger partial charge is 0.353 e. The maximum Gasteiger partial charge on any atom is 0.243 e. The third-order valence-corrected chi connectivity index (χ3v) is 4.03. The Hall–Kier alpha value is -0.830. The molecule has 0 bridgehead atoms. The van der Waals surface area contributed by atoms with E-state index >= 15 is 0 Å². The molecular formula is C18H36N2O. The predicted molar refractivity (Wildman–Crippen MR) is 92.5 cm³/mol. The first kappa shape index (κ1) is 20.2. The molecule has 0 aliphatic carbocycles. The molecule has 3 nitrogen and oxygen atoms in total. The van der Waals surface area contributed by atoms with E-state index < -0.39 is 0 Å². The molecule has 0 spiro atoms. The minimum absolute atomic E-state index is 0.0558. The van der Waals surface area contributed by atoms with Gasteiger partial charge in [-0.1, -0.05) is 65.4 Å². The van der Waals surface area contributed by atoms with Gasteiger partial charge in [0.05, 0.1) is 0 Å². The van der Waals surface area contributed by atoms with Crippen molar-refractivity contribution in [3.8, 4) is 0 Å². The maximum atomic E-state index is 10.9. The smallest absolute Gasteiger partial charge is 0.243 e. The topological polar surface area (TPSA) is 32.3 Å². The molecule has 1 amide bonds. The van der Waals surface area contributed by atoms with Crippen molar-refractivity contribution in [3.63, 3.8) is 0 Å². The standard InChI is InChI=1S/C18H36N2O/c1-4-18(21)19-16-14-12-10-8-7-9-11-13-15-17-20(5-2)6-3/h4H,1,5-17H2,2-3H3,(H,19,21). The minimum atomic E-state index is -0.0558. The Morgan fingerprint density at radius 2 is 1.38 bits per heavy atom. The highest BCUT2D eigenvalue weighted by Crippen LogP contribution is 2.09. The highest BCUT2D eigenvalue weighted by molar-refractivity contribution is 5.86. The van der Waals surface area contributed by atoms with Gasteiger partial charge in [-0.05, 0) is 38.6 Å². The summed E-state index contributed by atoms with van der Waals surface area (Å²) >= 11 is 0. The van der Waals surface area contributed by atoms with E-state index in [2.05, 4.69) is 30.6 Å². The number of unbranched alkanes of at least 4 members (excludes halogenated alkanes) is 8. The quantitative estimate of drug-likeness (QED) is 0.364. The van der Waals surface area contributed by atoms with Gasteiger partial charge in [-0.2, -0.15) is 0 Å². The van der Waals surface area contributed by atoms with Crippen molar-refractivity contribution in [1.82, 2.24) is 10.2 Å². The van der Waals surface area contributed by atoms with Crippen LogP contribution in [0.5, 0.6) is 0 Å². The van der Waals surface area contributed by atoms with Crippen molar-refractivity contribution < 1.29 is 4.79 Å². The second-order valence-electron chi connectivity index (χ2n) is 5.70. The molecular weight excluding hydrogens is 260 g/mol. The van der Waals surface area contributed by atoms with E-state index in [1.807, 2.05) is 0 Å². The highest BCUT2D eigenvalue weighted by Gasteiger charge is 1.98. The number of amides is 1. The summed E-state index contributed by atoms with van der Waals surface area (Å²) in [4.78, 5) is 13.4. The van der Waals surface area contributed by atoms with Crippen molar-refractivity contribution in [1.29, 1.82) is 0 Å². The van der Waals surface area contributed by atoms with Gasteiger partial charge in [-0.25, -0.2) is 0 Å². The lowest BCUT2D eigenvalue weighted by atomic mass is 10.1. The van der Waals surface area contributed by atoms with Crippen LogP contribution in [0.15, 0.2) is 12.7 Å². The molecule has 0 unspecified atom stereocenters. The van der Waals surface area contributed by atoms with Crippen LogP contribution in [0, 0.1) is 0 Å². The minimum Gasteiger partial charge on any atom is -0.353 e. The second-order valence-corrected chi connectivity index (χ2v) is 5.70. The van der Waals surface area contributed by atoms with E-state index in [9.17, 15) is 4.79 Å². The second kappa shape index (κ2) is 15.6. The number of hydrogen-bond donors (Lipinski definition) is 1. The van der Waals surface area contributed by atoms with Gasteiger partial charge < -0.3 is 10.2 Å². The van der Waals surface area contributed by atoms with Crippen molar-refractivity contribution in [2.24, 2.45) is 0 Å². The Labute approximate surface area is 132 Å². The average Bonchev–Trinajstić information content (AvgIpc) is 2.51. The van der Waals surface area contributed by atoms with Crippen molar-refractivity contribution in [3.05, 3.63) is 12.7 Å². The molecule has 124 valence electrons. The Morgan fingerprint density at radius 3 is 1.86 bits per heavy atom. The molecule has 0 saturated heterocycles. The van der Waals surface area contributed by atoms with Crippen LogP contribution in [-0.4, -0.2) is 37.0 Å². The van der Waals surface area contributed by atoms with Crippen LogP contribution >= 0.6 is 0 Å². The van der Waals surface area contributed by atoms with Gasteiger partial charge in [-0.3, -0.25) is 4.79 Å². The van der Waals surface area contributed by atoms with Gasteiger partial charge in [0, 0.05) is 6.54 Å². The summed E-state index contributed by atoms with van der Waals surface area (Å²) in [6.07, 6.45) is 13.1. The van der Waals surface area contributed by atoms with Crippen molar-refractivity contribution in [2.45, 2.75) is 71.6 Å². The number of nitrogens with one attached hydrogen (secondary N) is 1. The lowest BCUT2D eigenvalue weighted by Gasteiger charge is -2.17. The summed E-state index contributed by atoms with van der Waals surface area (Å²) in [5, 5.41) is 2.82. The lowest BCUT2D eigenvalue weighted by molar-refractivity contribution is -0.116. The van der Waals surface area contributed by atoms with Crippen LogP contribution < -0.4 is 5.32 Å². The fraction of sp³-hybridized carbons (Fsp3) is 0.833. The molecule has 0 aliphatic heterocycles. The number of carbonyl (C=O) groups excluding carboxylic acids is 1. The molecule has 0 heterocycles. The number of carbonyl (C=O) groups is 1. The molecule has 21 heavy (non-hydrogen) atoms. The zero-order valence-electron chi connectivity index (χ0n) is 14.3. The summed E-state index contributed by atoms with van der Waals surface area (Å²) in [7, 11) is 0. The third-order valence-electron chi connectivity index (χ3n) is 4.03.